The molecule has 0 bridgehead atoms. The molecule has 3 aromatic rings. The molecule has 0 aliphatic heterocycles. The minimum atomic E-state index is -0.576. The summed E-state index contributed by atoms with van der Waals surface area (Å²) in [6.07, 6.45) is 0. The van der Waals surface area contributed by atoms with Crippen molar-refractivity contribution in [2.45, 2.75) is 0 Å². The Kier molecular flexibility index (Phi) is 6.06. The summed E-state index contributed by atoms with van der Waals surface area (Å²) in [5, 5.41) is 12.6. The van der Waals surface area contributed by atoms with Crippen molar-refractivity contribution in [2.75, 3.05) is 0 Å². The van der Waals surface area contributed by atoms with Crippen LogP contribution in [0, 0.1) is 10.1 Å². The van der Waals surface area contributed by atoms with Crippen molar-refractivity contribution in [3.05, 3.63) is 76.6 Å². The maximum Gasteiger partial charge on any atom is 0.273 e. The number of halogens is 6. The van der Waals surface area contributed by atoms with Crippen LogP contribution in [0.4, 0.5) is 5.69 Å². The summed E-state index contributed by atoms with van der Waals surface area (Å²) in [5.41, 5.74) is 0.539. The molecule has 27 heavy (non-hydrogen) atoms. The van der Waals surface area contributed by atoms with E-state index in [1.807, 2.05) is 0 Å². The van der Waals surface area contributed by atoms with E-state index in [9.17, 15) is 10.1 Å². The Morgan fingerprint density at radius 1 is 0.704 bits per heavy atom. The Morgan fingerprint density at radius 3 is 1.44 bits per heavy atom. The van der Waals surface area contributed by atoms with Crippen LogP contribution in [0.25, 0.3) is 22.5 Å². The zero-order chi connectivity index (χ0) is 19.9. The summed E-state index contributed by atoms with van der Waals surface area (Å²) in [7, 11) is 0. The van der Waals surface area contributed by atoms with Crippen LogP contribution in [-0.2, 0) is 0 Å². The molecule has 0 unspecified atom stereocenters. The third kappa shape index (κ3) is 3.97. The quantitative estimate of drug-likeness (QED) is 0.214. The summed E-state index contributed by atoms with van der Waals surface area (Å²) in [6, 6.07) is 8.53. The Balaban J connectivity index is 2.37. The van der Waals surface area contributed by atoms with Gasteiger partial charge in [0.05, 0.1) is 46.4 Å². The van der Waals surface area contributed by atoms with Gasteiger partial charge in [-0.1, -0.05) is 69.6 Å². The highest BCUT2D eigenvalue weighted by atomic mass is 35.5. The average molecular weight is 483 g/mol. The molecule has 10 heteroatoms. The lowest BCUT2D eigenvalue weighted by molar-refractivity contribution is -0.384. The van der Waals surface area contributed by atoms with E-state index in [2.05, 4.69) is 4.98 Å². The first-order chi connectivity index (χ1) is 12.7. The van der Waals surface area contributed by atoms with E-state index in [1.165, 1.54) is 36.4 Å². The summed E-state index contributed by atoms with van der Waals surface area (Å²) in [5.74, 6) is 0. The zero-order valence-electron chi connectivity index (χ0n) is 12.9. The highest BCUT2D eigenvalue weighted by molar-refractivity contribution is 6.47. The first kappa shape index (κ1) is 20.5. The standard InChI is InChI=1S/C17H6Cl6N2O2/c18-8-1-3-10(20)16(22)14(8)12-5-7(25(26)27)6-13(24-12)15-9(19)2-4-11(21)17(15)23/h1-6H. The van der Waals surface area contributed by atoms with Gasteiger partial charge >= 0.3 is 0 Å². The van der Waals surface area contributed by atoms with Crippen LogP contribution < -0.4 is 0 Å². The van der Waals surface area contributed by atoms with E-state index < -0.39 is 4.92 Å². The van der Waals surface area contributed by atoms with E-state index in [1.54, 1.807) is 0 Å². The molecule has 0 N–H and O–H groups in total. The molecule has 0 radical (unpaired) electrons. The second kappa shape index (κ2) is 8.00. The SMILES string of the molecule is O=[N+]([O-])c1cc(-c2c(Cl)ccc(Cl)c2Cl)nc(-c2c(Cl)ccc(Cl)c2Cl)c1. The van der Waals surface area contributed by atoms with E-state index in [0.29, 0.717) is 0 Å². The van der Waals surface area contributed by atoms with Gasteiger partial charge in [-0.3, -0.25) is 10.1 Å². The molecule has 138 valence electrons. The lowest BCUT2D eigenvalue weighted by atomic mass is 10.1. The summed E-state index contributed by atoms with van der Waals surface area (Å²) in [6.45, 7) is 0. The van der Waals surface area contributed by atoms with Crippen molar-refractivity contribution in [2.24, 2.45) is 0 Å². The monoisotopic (exact) mass is 480 g/mol. The fraction of sp³-hybridized carbons (Fsp3) is 0. The van der Waals surface area contributed by atoms with E-state index >= 15 is 0 Å². The number of pyridine rings is 1. The maximum atomic E-state index is 11.4. The van der Waals surface area contributed by atoms with Crippen LogP contribution in [-0.4, -0.2) is 9.91 Å². The molecular formula is C17H6Cl6N2O2. The van der Waals surface area contributed by atoms with Gasteiger partial charge in [-0.2, -0.15) is 0 Å². The number of benzene rings is 2. The molecule has 0 saturated heterocycles. The van der Waals surface area contributed by atoms with Crippen molar-refractivity contribution in [3.8, 4) is 22.5 Å². The number of rotatable bonds is 3. The fourth-order valence-corrected chi connectivity index (χ4v) is 3.84. The predicted molar refractivity (Wildman–Crippen MR) is 112 cm³/mol. The largest absolute Gasteiger partial charge is 0.273 e. The van der Waals surface area contributed by atoms with Gasteiger partial charge in [0.15, 0.2) is 0 Å². The lowest BCUT2D eigenvalue weighted by Crippen LogP contribution is -1.96. The van der Waals surface area contributed by atoms with Gasteiger partial charge in [0.1, 0.15) is 0 Å². The third-order valence-electron chi connectivity index (χ3n) is 3.62. The van der Waals surface area contributed by atoms with Crippen LogP contribution in [0.3, 0.4) is 0 Å². The lowest BCUT2D eigenvalue weighted by Gasteiger charge is -2.12. The minimum absolute atomic E-state index is 0.117. The van der Waals surface area contributed by atoms with Gasteiger partial charge in [-0.05, 0) is 24.3 Å². The summed E-state index contributed by atoms with van der Waals surface area (Å²) in [4.78, 5) is 15.3. The Labute approximate surface area is 183 Å². The van der Waals surface area contributed by atoms with Crippen molar-refractivity contribution in [1.29, 1.82) is 0 Å². The van der Waals surface area contributed by atoms with Gasteiger partial charge in [0.25, 0.3) is 5.69 Å². The third-order valence-corrected chi connectivity index (χ3v) is 5.86. The van der Waals surface area contributed by atoms with Crippen molar-refractivity contribution >= 4 is 75.3 Å². The molecule has 0 amide bonds. The molecule has 0 aliphatic carbocycles. The summed E-state index contributed by atoms with van der Waals surface area (Å²) < 4.78 is 0. The minimum Gasteiger partial charge on any atom is -0.258 e. The predicted octanol–water partition coefficient (Wildman–Crippen LogP) is 8.24. The Hall–Kier alpha value is -1.27. The van der Waals surface area contributed by atoms with Crippen LogP contribution in [0.1, 0.15) is 0 Å². The maximum absolute atomic E-state index is 11.4. The molecule has 2 aromatic carbocycles. The number of aromatic nitrogens is 1. The second-order valence-corrected chi connectivity index (χ2v) is 7.67. The molecule has 0 fully saturated rings. The van der Waals surface area contributed by atoms with E-state index in [-0.39, 0.29) is 58.3 Å². The van der Waals surface area contributed by atoms with E-state index in [0.717, 1.165) is 0 Å². The van der Waals surface area contributed by atoms with Crippen LogP contribution in [0.5, 0.6) is 0 Å². The first-order valence-electron chi connectivity index (χ1n) is 7.15. The zero-order valence-corrected chi connectivity index (χ0v) is 17.5. The Bertz CT molecular complexity index is 1010. The van der Waals surface area contributed by atoms with Crippen LogP contribution >= 0.6 is 69.6 Å². The number of nitrogens with zero attached hydrogens (tertiary/aromatic N) is 2. The van der Waals surface area contributed by atoms with Gasteiger partial charge in [-0.15, -0.1) is 0 Å². The smallest absolute Gasteiger partial charge is 0.258 e. The molecule has 3 rings (SSSR count). The molecule has 1 heterocycles. The van der Waals surface area contributed by atoms with E-state index in [4.69, 9.17) is 69.6 Å². The van der Waals surface area contributed by atoms with Gasteiger partial charge < -0.3 is 0 Å². The second-order valence-electron chi connectivity index (χ2n) is 5.29. The van der Waals surface area contributed by atoms with Gasteiger partial charge in [0, 0.05) is 23.3 Å². The van der Waals surface area contributed by atoms with Crippen molar-refractivity contribution in [1.82, 2.24) is 4.98 Å². The molecule has 4 nitrogen and oxygen atoms in total. The highest BCUT2D eigenvalue weighted by Gasteiger charge is 2.21. The molecule has 0 saturated carbocycles. The highest BCUT2D eigenvalue weighted by Crippen LogP contribution is 2.43. The molecule has 1 aromatic heterocycles. The van der Waals surface area contributed by atoms with Crippen LogP contribution in [0.15, 0.2) is 36.4 Å². The van der Waals surface area contributed by atoms with Crippen LogP contribution in [0.2, 0.25) is 30.1 Å². The fourth-order valence-electron chi connectivity index (χ4n) is 2.40. The molecule has 0 aliphatic rings. The number of nitro groups is 1. The molecular weight excluding hydrogens is 477 g/mol. The van der Waals surface area contributed by atoms with Crippen molar-refractivity contribution in [3.63, 3.8) is 0 Å². The number of hydrogen-bond donors (Lipinski definition) is 0. The van der Waals surface area contributed by atoms with Crippen molar-refractivity contribution < 1.29 is 4.92 Å². The number of hydrogen-bond acceptors (Lipinski definition) is 3. The Morgan fingerprint density at radius 2 is 1.07 bits per heavy atom. The molecule has 0 spiro atoms. The normalized spacial score (nSPS) is 10.9. The topological polar surface area (TPSA) is 56.0 Å². The molecule has 0 atom stereocenters. The average Bonchev–Trinajstić information content (AvgIpc) is 2.62. The summed E-state index contributed by atoms with van der Waals surface area (Å²) >= 11 is 37.1. The van der Waals surface area contributed by atoms with Gasteiger partial charge in [0.2, 0.25) is 0 Å². The van der Waals surface area contributed by atoms with Gasteiger partial charge in [-0.25, -0.2) is 4.98 Å². The first-order valence-corrected chi connectivity index (χ1v) is 9.41.